The smallest absolute Gasteiger partial charge is 0.256 e. The molecule has 2 aromatic heterocycles. The number of pyridine rings is 1. The van der Waals surface area contributed by atoms with E-state index in [1.54, 1.807) is 31.3 Å². The van der Waals surface area contributed by atoms with Gasteiger partial charge in [-0.1, -0.05) is 24.8 Å². The van der Waals surface area contributed by atoms with Gasteiger partial charge in [-0.15, -0.1) is 0 Å². The summed E-state index contributed by atoms with van der Waals surface area (Å²) >= 11 is 0. The van der Waals surface area contributed by atoms with Gasteiger partial charge < -0.3 is 10.6 Å². The zero-order valence-corrected chi connectivity index (χ0v) is 21.4. The van der Waals surface area contributed by atoms with Crippen molar-refractivity contribution in [2.45, 2.75) is 20.3 Å². The van der Waals surface area contributed by atoms with E-state index < -0.39 is 21.7 Å². The maximum Gasteiger partial charge on any atom is 0.256 e. The third-order valence-corrected chi connectivity index (χ3v) is 8.02. The molecule has 0 saturated carbocycles. The maximum absolute atomic E-state index is 15.2. The van der Waals surface area contributed by atoms with Gasteiger partial charge in [0.25, 0.3) is 5.91 Å². The standard InChI is InChI=1S/C26H27FN6O3S/c1-3-23-21(8-5-18-6-10-24(28)29-16-18)25(31-17-30-23)19-7-9-20(22(27)15-19)26(34)32-11-13-33(14-12-32)37(35,36)4-2/h6-7,9-10,15-17H,3-4,11-14H2,1-2H3,(H2,28,29). The van der Waals surface area contributed by atoms with Crippen LogP contribution in [0.5, 0.6) is 0 Å². The Bertz CT molecular complexity index is 1470. The minimum absolute atomic E-state index is 0.00303. The Morgan fingerprint density at radius 2 is 1.81 bits per heavy atom. The largest absolute Gasteiger partial charge is 0.384 e. The summed E-state index contributed by atoms with van der Waals surface area (Å²) in [4.78, 5) is 27.2. The van der Waals surface area contributed by atoms with Crippen molar-refractivity contribution in [3.05, 3.63) is 71.1 Å². The first-order chi connectivity index (χ1) is 17.7. The highest BCUT2D eigenvalue weighted by Gasteiger charge is 2.29. The number of anilines is 1. The molecular weight excluding hydrogens is 495 g/mol. The molecule has 3 aromatic rings. The molecule has 0 spiro atoms. The lowest BCUT2D eigenvalue weighted by molar-refractivity contribution is 0.0693. The molecule has 192 valence electrons. The molecule has 1 fully saturated rings. The SMILES string of the molecule is CCc1ncnc(-c2ccc(C(=O)N3CCN(S(=O)(=O)CC)CC3)c(F)c2)c1C#Cc1ccc(N)nc1. The Kier molecular flexibility index (Phi) is 7.80. The molecule has 1 aliphatic heterocycles. The molecule has 3 heterocycles. The van der Waals surface area contributed by atoms with Gasteiger partial charge in [-0.2, -0.15) is 4.31 Å². The maximum atomic E-state index is 15.2. The van der Waals surface area contributed by atoms with Gasteiger partial charge in [-0.05, 0) is 37.6 Å². The van der Waals surface area contributed by atoms with Gasteiger partial charge >= 0.3 is 0 Å². The number of aryl methyl sites for hydroxylation is 1. The molecule has 1 aromatic carbocycles. The van der Waals surface area contributed by atoms with Crippen molar-refractivity contribution in [3.8, 4) is 23.1 Å². The third kappa shape index (κ3) is 5.76. The van der Waals surface area contributed by atoms with Gasteiger partial charge in [0.2, 0.25) is 10.0 Å². The Labute approximate surface area is 215 Å². The number of rotatable bonds is 5. The number of hydrogen-bond acceptors (Lipinski definition) is 7. The number of aromatic nitrogens is 3. The second-order valence-corrected chi connectivity index (χ2v) is 10.7. The van der Waals surface area contributed by atoms with E-state index in [0.29, 0.717) is 40.3 Å². The van der Waals surface area contributed by atoms with Crippen molar-refractivity contribution in [1.82, 2.24) is 24.2 Å². The molecule has 11 heteroatoms. The highest BCUT2D eigenvalue weighted by molar-refractivity contribution is 7.89. The number of piperazine rings is 1. The van der Waals surface area contributed by atoms with Crippen molar-refractivity contribution >= 4 is 21.7 Å². The molecule has 1 amide bonds. The fraction of sp³-hybridized carbons (Fsp3) is 0.308. The normalized spacial score (nSPS) is 14.2. The lowest BCUT2D eigenvalue weighted by atomic mass is 10.0. The van der Waals surface area contributed by atoms with E-state index in [4.69, 9.17) is 5.73 Å². The number of carbonyl (C=O) groups excluding carboxylic acids is 1. The van der Waals surface area contributed by atoms with E-state index in [1.165, 1.54) is 27.7 Å². The summed E-state index contributed by atoms with van der Waals surface area (Å²) in [5, 5.41) is 0. The molecule has 1 saturated heterocycles. The van der Waals surface area contributed by atoms with Crippen LogP contribution in [-0.2, 0) is 16.4 Å². The second-order valence-electron chi connectivity index (χ2n) is 8.41. The van der Waals surface area contributed by atoms with Crippen molar-refractivity contribution in [3.63, 3.8) is 0 Å². The lowest BCUT2D eigenvalue weighted by Gasteiger charge is -2.33. The van der Waals surface area contributed by atoms with E-state index in [1.807, 2.05) is 6.92 Å². The van der Waals surface area contributed by atoms with Crippen molar-refractivity contribution in [2.75, 3.05) is 37.7 Å². The predicted molar refractivity (Wildman–Crippen MR) is 138 cm³/mol. The first kappa shape index (κ1) is 26.2. The van der Waals surface area contributed by atoms with Crippen LogP contribution >= 0.6 is 0 Å². The second kappa shape index (κ2) is 11.0. The van der Waals surface area contributed by atoms with Crippen molar-refractivity contribution in [2.24, 2.45) is 0 Å². The summed E-state index contributed by atoms with van der Waals surface area (Å²) in [6, 6.07) is 7.73. The van der Waals surface area contributed by atoms with Crippen LogP contribution in [0.4, 0.5) is 10.2 Å². The first-order valence-corrected chi connectivity index (χ1v) is 13.5. The third-order valence-electron chi connectivity index (χ3n) is 6.14. The molecule has 0 unspecified atom stereocenters. The number of sulfonamides is 1. The summed E-state index contributed by atoms with van der Waals surface area (Å²) in [5.74, 6) is 5.34. The van der Waals surface area contributed by atoms with Gasteiger partial charge in [0.1, 0.15) is 18.0 Å². The number of nitrogens with two attached hydrogens (primary N) is 1. The number of carbonyl (C=O) groups is 1. The van der Waals surface area contributed by atoms with Crippen LogP contribution in [0.15, 0.2) is 42.9 Å². The van der Waals surface area contributed by atoms with Crippen molar-refractivity contribution < 1.29 is 17.6 Å². The van der Waals surface area contributed by atoms with Crippen LogP contribution in [0.25, 0.3) is 11.3 Å². The summed E-state index contributed by atoms with van der Waals surface area (Å²) in [6.07, 6.45) is 3.57. The van der Waals surface area contributed by atoms with Gasteiger partial charge in [-0.3, -0.25) is 4.79 Å². The van der Waals surface area contributed by atoms with Crippen LogP contribution in [0, 0.1) is 17.7 Å². The van der Waals surface area contributed by atoms with Crippen LogP contribution < -0.4 is 5.73 Å². The average Bonchev–Trinajstić information content (AvgIpc) is 2.92. The molecule has 9 nitrogen and oxygen atoms in total. The summed E-state index contributed by atoms with van der Waals surface area (Å²) < 4.78 is 40.7. The zero-order valence-electron chi connectivity index (χ0n) is 20.6. The van der Waals surface area contributed by atoms with Crippen molar-refractivity contribution in [1.29, 1.82) is 0 Å². The Balaban J connectivity index is 1.60. The molecule has 0 bridgehead atoms. The fourth-order valence-electron chi connectivity index (χ4n) is 4.01. The summed E-state index contributed by atoms with van der Waals surface area (Å²) in [5.41, 5.74) is 8.40. The molecule has 4 rings (SSSR count). The van der Waals surface area contributed by atoms with Crippen LogP contribution in [0.2, 0.25) is 0 Å². The highest BCUT2D eigenvalue weighted by atomic mass is 32.2. The molecule has 0 aliphatic carbocycles. The molecule has 2 N–H and O–H groups in total. The minimum atomic E-state index is -3.32. The molecular formula is C26H27FN6O3S. The Morgan fingerprint density at radius 1 is 1.05 bits per heavy atom. The number of nitrogens with zero attached hydrogens (tertiary/aromatic N) is 5. The monoisotopic (exact) mass is 522 g/mol. The van der Waals surface area contributed by atoms with Crippen LogP contribution in [-0.4, -0.2) is 70.4 Å². The molecule has 1 aliphatic rings. The highest BCUT2D eigenvalue weighted by Crippen LogP contribution is 2.26. The topological polar surface area (TPSA) is 122 Å². The zero-order chi connectivity index (χ0) is 26.6. The average molecular weight is 523 g/mol. The number of halogens is 1. The number of benzene rings is 1. The first-order valence-electron chi connectivity index (χ1n) is 11.9. The van der Waals surface area contributed by atoms with E-state index in [2.05, 4.69) is 26.8 Å². The lowest BCUT2D eigenvalue weighted by Crippen LogP contribution is -2.51. The van der Waals surface area contributed by atoms with E-state index >= 15 is 4.39 Å². The quantitative estimate of drug-likeness (QED) is 0.510. The number of amides is 1. The molecule has 37 heavy (non-hydrogen) atoms. The van der Waals surface area contributed by atoms with E-state index in [-0.39, 0.29) is 37.5 Å². The van der Waals surface area contributed by atoms with Crippen LogP contribution in [0.3, 0.4) is 0 Å². The summed E-state index contributed by atoms with van der Waals surface area (Å²) in [6.45, 7) is 4.30. The molecule has 0 atom stereocenters. The van der Waals surface area contributed by atoms with Crippen LogP contribution in [0.1, 0.15) is 41.0 Å². The Morgan fingerprint density at radius 3 is 2.43 bits per heavy atom. The van der Waals surface area contributed by atoms with Gasteiger partial charge in [0.15, 0.2) is 0 Å². The number of nitrogen functional groups attached to an aromatic ring is 1. The predicted octanol–water partition coefficient (Wildman–Crippen LogP) is 2.33. The van der Waals surface area contributed by atoms with E-state index in [9.17, 15) is 13.2 Å². The van der Waals surface area contributed by atoms with Gasteiger partial charge in [-0.25, -0.2) is 27.8 Å². The minimum Gasteiger partial charge on any atom is -0.384 e. The molecule has 0 radical (unpaired) electrons. The van der Waals surface area contributed by atoms with Gasteiger partial charge in [0, 0.05) is 43.5 Å². The van der Waals surface area contributed by atoms with E-state index in [0.717, 1.165) is 0 Å². The fourth-order valence-corrected chi connectivity index (χ4v) is 5.10. The summed E-state index contributed by atoms with van der Waals surface area (Å²) in [7, 11) is -3.32. The number of hydrogen-bond donors (Lipinski definition) is 1. The Hall–Kier alpha value is -3.88. The van der Waals surface area contributed by atoms with Gasteiger partial charge in [0.05, 0.1) is 28.3 Å².